The van der Waals surface area contributed by atoms with E-state index in [2.05, 4.69) is 66.9 Å². The van der Waals surface area contributed by atoms with Crippen LogP contribution in [0.1, 0.15) is 200 Å². The third-order valence-electron chi connectivity index (χ3n) is 29.6. The predicted molar refractivity (Wildman–Crippen MR) is 389 cm³/mol. The fraction of sp³-hybridized carbons (Fsp3) is 0.759. The number of quaternary nitrogens is 1. The maximum Gasteiger partial charge on any atom is 0.306 e. The number of fused-ring (bicyclic) bond motifs is 4. The molecule has 0 amide bonds. The Hall–Kier alpha value is -6.84. The summed E-state index contributed by atoms with van der Waals surface area (Å²) < 4.78 is 34.2. The van der Waals surface area contributed by atoms with Crippen LogP contribution in [0, 0.1) is 114 Å². The number of aliphatic hydroxyl groups excluding tert-OH is 5. The van der Waals surface area contributed by atoms with Crippen molar-refractivity contribution in [1.82, 2.24) is 0 Å². The highest BCUT2D eigenvalue weighted by Gasteiger charge is 2.84. The van der Waals surface area contributed by atoms with Gasteiger partial charge in [0.2, 0.25) is 0 Å². The van der Waals surface area contributed by atoms with Gasteiger partial charge in [-0.05, 0) is 174 Å². The molecule has 8 saturated carbocycles. The summed E-state index contributed by atoms with van der Waals surface area (Å²) >= 11 is 0. The number of ether oxygens (including phenoxy) is 6. The number of rotatable bonds is 30. The molecule has 0 heterocycles. The molecule has 28 atom stereocenters. The summed E-state index contributed by atoms with van der Waals surface area (Å²) in [7, 11) is 1.70. The van der Waals surface area contributed by atoms with Crippen LogP contribution in [-0.2, 0) is 86.0 Å². The van der Waals surface area contributed by atoms with Gasteiger partial charge in [-0.3, -0.25) is 52.7 Å². The first-order chi connectivity index (χ1) is 50.7. The molecule has 0 bridgehead atoms. The molecule has 8 N–H and O–H groups in total. The Bertz CT molecular complexity index is 3400. The molecule has 0 aromatic heterocycles. The molecule has 0 aliphatic heterocycles. The van der Waals surface area contributed by atoms with Crippen molar-refractivity contribution in [3.63, 3.8) is 0 Å². The van der Waals surface area contributed by atoms with E-state index in [1.165, 1.54) is 27.7 Å². The summed E-state index contributed by atoms with van der Waals surface area (Å²) in [6.07, 6.45) is 8.63. The summed E-state index contributed by atoms with van der Waals surface area (Å²) in [6, 6.07) is 0. The predicted octanol–water partition coefficient (Wildman–Crippen LogP) is 5.60. The number of likely N-dealkylation sites (N-methyl/N-ethyl adjacent to an activating group) is 1. The number of hydrogen-bond donors (Lipinski definition) is 7. The smallest absolute Gasteiger partial charge is 0.306 e. The Balaban J connectivity index is 0.000000236. The van der Waals surface area contributed by atoms with E-state index in [1.54, 1.807) is 26.2 Å². The Morgan fingerprint density at radius 2 is 0.936 bits per heavy atom. The van der Waals surface area contributed by atoms with Gasteiger partial charge in [0.05, 0.1) is 46.1 Å². The van der Waals surface area contributed by atoms with E-state index in [0.717, 1.165) is 64.2 Å². The molecular weight excluding hydrogens is 1410 g/mol. The lowest BCUT2D eigenvalue weighted by atomic mass is 9.43. The number of ketones is 4. The van der Waals surface area contributed by atoms with E-state index in [1.807, 2.05) is 26.0 Å². The number of Topliss-reactive ketones (excluding diaryl/α,β-unsaturated/α-hetero) is 2. The fourth-order valence-corrected chi connectivity index (χ4v) is 23.8. The highest BCUT2D eigenvalue weighted by atomic mass is 16.6. The number of carboxylic acid groups (broad SMARTS) is 2. The van der Waals surface area contributed by atoms with E-state index >= 15 is 0 Å². The van der Waals surface area contributed by atoms with Gasteiger partial charge in [0.1, 0.15) is 43.2 Å². The zero-order valence-corrected chi connectivity index (χ0v) is 66.4. The second-order valence-corrected chi connectivity index (χ2v) is 35.1. The van der Waals surface area contributed by atoms with Crippen LogP contribution in [0.15, 0.2) is 48.6 Å². The van der Waals surface area contributed by atoms with Crippen molar-refractivity contribution in [2.75, 3.05) is 33.4 Å². The van der Waals surface area contributed by atoms with Crippen LogP contribution in [-0.4, -0.2) is 184 Å². The zero-order chi connectivity index (χ0) is 81.6. The minimum atomic E-state index is -1.53. The van der Waals surface area contributed by atoms with Crippen LogP contribution in [0.2, 0.25) is 0 Å². The summed E-state index contributed by atoms with van der Waals surface area (Å²) in [4.78, 5) is 149. The molecule has 0 aromatic carbocycles. The van der Waals surface area contributed by atoms with E-state index < -0.39 is 145 Å². The molecular formula is C83H121NO25. The summed E-state index contributed by atoms with van der Waals surface area (Å²) in [6.45, 7) is 32.9. The lowest BCUT2D eigenvalue weighted by molar-refractivity contribution is -0.635. The largest absolute Gasteiger partial charge is 0.550 e. The minimum absolute atomic E-state index is 0.0122. The topological polar surface area (TPSA) is 421 Å². The number of aliphatic hydroxyl groups is 5. The number of carbonyl (C=O) groups excluding carboxylic acids is 11. The van der Waals surface area contributed by atoms with Gasteiger partial charge in [-0.2, -0.15) is 0 Å². The highest BCUT2D eigenvalue weighted by Crippen LogP contribution is 2.89. The fourth-order valence-electron chi connectivity index (χ4n) is 23.8. The van der Waals surface area contributed by atoms with E-state index in [0.29, 0.717) is 36.5 Å². The van der Waals surface area contributed by atoms with Gasteiger partial charge in [0, 0.05) is 81.0 Å². The Labute approximate surface area is 640 Å². The quantitative estimate of drug-likeness (QED) is 0.0261. The number of allylic oxidation sites excluding steroid dienone is 4. The van der Waals surface area contributed by atoms with Crippen molar-refractivity contribution >= 4 is 70.9 Å². The zero-order valence-electron chi connectivity index (χ0n) is 66.4. The first-order valence-corrected chi connectivity index (χ1v) is 39.2. The van der Waals surface area contributed by atoms with Gasteiger partial charge in [-0.15, -0.1) is 0 Å². The van der Waals surface area contributed by atoms with Crippen LogP contribution in [0.3, 0.4) is 0 Å². The van der Waals surface area contributed by atoms with Crippen molar-refractivity contribution < 1.29 is 127 Å². The molecule has 109 heavy (non-hydrogen) atoms. The average Bonchev–Trinajstić information content (AvgIpc) is 1.47. The molecule has 26 nitrogen and oxygen atoms in total. The minimum Gasteiger partial charge on any atom is -0.550 e. The first-order valence-electron chi connectivity index (χ1n) is 39.2. The molecule has 4 spiro atoms. The summed E-state index contributed by atoms with van der Waals surface area (Å²) in [5.74, 6) is -8.03. The lowest BCUT2D eigenvalue weighted by Crippen LogP contribution is -2.83. The van der Waals surface area contributed by atoms with Gasteiger partial charge in [-0.25, -0.2) is 0 Å². The number of nitrogens with two attached hydrogens (primary N) is 1. The SMILES string of the molecule is C=C(C(=O)[C@H](OC(C)=O)[C@@H](C)[C@H]1[C@@H](OC(C)=O)C[C@@]2(C)C3CCC4[C@H](C)C(=O)C=C[C@@]45C[C@@]35CC[C@]12C)[C@@H](C)COC(=O)CCC(=O)O.C=C(C(=O)[C@H](OC(C)=O)[C@@H](C)[C@H]1[C@@H](OC(C)=O)C[C@@]2(C)C3CCC4[C@H](C)C(=O)C=C[C@@]45C[C@@]35CC[C@]12C)[C@@H](C)COC(=O)CCC(=O)[O-].C[NH2+]CC(O)C(O)C(O)C(O)CO. The summed E-state index contributed by atoms with van der Waals surface area (Å²) in [5, 5.41) is 66.1. The third kappa shape index (κ3) is 16.2. The second-order valence-electron chi connectivity index (χ2n) is 35.1. The van der Waals surface area contributed by atoms with E-state index in [-0.39, 0.29) is 129 Å². The Morgan fingerprint density at radius 1 is 0.560 bits per heavy atom. The van der Waals surface area contributed by atoms with Crippen molar-refractivity contribution in [2.24, 2.45) is 114 Å². The van der Waals surface area contributed by atoms with Crippen LogP contribution in [0.25, 0.3) is 0 Å². The number of esters is 6. The Morgan fingerprint density at radius 3 is 1.28 bits per heavy atom. The molecule has 608 valence electrons. The average molecular weight is 1530 g/mol. The molecule has 0 saturated heterocycles. The number of carbonyl (C=O) groups is 12. The Kier molecular flexibility index (Phi) is 26.9. The molecule has 10 aliphatic carbocycles. The van der Waals surface area contributed by atoms with Gasteiger partial charge in [-0.1, -0.05) is 94.5 Å². The second kappa shape index (κ2) is 33.5. The van der Waals surface area contributed by atoms with Gasteiger partial charge in [0.15, 0.2) is 35.3 Å². The van der Waals surface area contributed by atoms with Crippen molar-refractivity contribution in [1.29, 1.82) is 0 Å². The van der Waals surface area contributed by atoms with Gasteiger partial charge < -0.3 is 74.3 Å². The number of carboxylic acids is 2. The normalized spacial score (nSPS) is 37.1. The van der Waals surface area contributed by atoms with Crippen molar-refractivity contribution in [3.05, 3.63) is 48.6 Å². The standard InChI is InChI=1S/2C38H52O10.C7H17NO5/c2*1-20(18-46-31(44)12-11-30(42)43)21(2)33(45)34(48-25(6)40)23(4)32-28(47-24(5)39)17-36(8)29-10-9-26-22(3)27(41)13-14-37(26)19-38(29,37)16-15-35(32,36)7;1-8-2-4(10)6(12)7(13)5(11)3-9/h2*13-14,20,22-23,26,28-29,32,34H,2,9-12,15-19H2,1,3-8H3,(H,42,43);4-13H,2-3H2,1H3/t2*20-,22-,23-,26?,28-,29?,32-,34+,35+,36-,37+,38-;/m00./s1. The lowest BCUT2D eigenvalue weighted by Gasteiger charge is -2.61. The van der Waals surface area contributed by atoms with E-state index in [4.69, 9.17) is 48.8 Å². The molecule has 26 heteroatoms. The monoisotopic (exact) mass is 1530 g/mol. The molecule has 0 radical (unpaired) electrons. The molecule has 8 fully saturated rings. The maximum absolute atomic E-state index is 14.1. The third-order valence-corrected chi connectivity index (χ3v) is 29.6. The van der Waals surface area contributed by atoms with Crippen LogP contribution < -0.4 is 10.4 Å². The summed E-state index contributed by atoms with van der Waals surface area (Å²) in [5.41, 5.74) is -0.745. The van der Waals surface area contributed by atoms with Gasteiger partial charge >= 0.3 is 41.8 Å². The highest BCUT2D eigenvalue weighted by molar-refractivity contribution is 6.01. The first kappa shape index (κ1) is 87.7. The molecule has 10 aliphatic rings. The number of aliphatic carboxylic acids is 2. The van der Waals surface area contributed by atoms with Crippen LogP contribution >= 0.6 is 0 Å². The molecule has 0 aromatic rings. The molecule has 10 rings (SSSR count). The van der Waals surface area contributed by atoms with Crippen molar-refractivity contribution in [2.45, 2.75) is 248 Å². The van der Waals surface area contributed by atoms with Gasteiger partial charge in [0.25, 0.3) is 0 Å². The van der Waals surface area contributed by atoms with Crippen LogP contribution in [0.5, 0.6) is 0 Å². The van der Waals surface area contributed by atoms with Crippen LogP contribution in [0.4, 0.5) is 0 Å². The van der Waals surface area contributed by atoms with E-state index in [9.17, 15) is 72.9 Å². The maximum atomic E-state index is 14.1. The van der Waals surface area contributed by atoms with Crippen molar-refractivity contribution in [3.8, 4) is 0 Å². The number of hydrogen-bond acceptors (Lipinski definition) is 24. The molecule has 8 unspecified atom stereocenters.